The van der Waals surface area contributed by atoms with Crippen molar-refractivity contribution in [1.82, 2.24) is 14.9 Å². The summed E-state index contributed by atoms with van der Waals surface area (Å²) in [6.07, 6.45) is 0. The summed E-state index contributed by atoms with van der Waals surface area (Å²) in [7, 11) is 1.65. The Balaban J connectivity index is 1.63. The number of rotatable bonds is 4. The molecule has 2 heterocycles. The highest BCUT2D eigenvalue weighted by molar-refractivity contribution is 5.94. The molecule has 1 aliphatic rings. The molecular formula is C20H22N6O. The van der Waals surface area contributed by atoms with Gasteiger partial charge >= 0.3 is 0 Å². The summed E-state index contributed by atoms with van der Waals surface area (Å²) >= 11 is 0. The molecule has 138 valence electrons. The first-order valence-electron chi connectivity index (χ1n) is 8.80. The zero-order valence-corrected chi connectivity index (χ0v) is 15.5. The van der Waals surface area contributed by atoms with Crippen molar-refractivity contribution in [1.29, 1.82) is 0 Å². The average Bonchev–Trinajstić information content (AvgIpc) is 2.70. The van der Waals surface area contributed by atoms with Gasteiger partial charge in [-0.25, -0.2) is 15.0 Å². The lowest BCUT2D eigenvalue weighted by Crippen LogP contribution is -2.50. The number of nitrogens with zero attached hydrogens (tertiary/aromatic N) is 5. The number of aromatic nitrogens is 2. The lowest BCUT2D eigenvalue weighted by atomic mass is 10.2. The van der Waals surface area contributed by atoms with Crippen molar-refractivity contribution >= 4 is 22.8 Å². The number of hydrogen-bond donors (Lipinski definition) is 1. The SMILES string of the molecule is COc1ccc2nc(N3CN(Cc4ccccc4)CN=C3N)nc(C)c2c1. The van der Waals surface area contributed by atoms with Crippen LogP contribution in [0.5, 0.6) is 5.75 Å². The Kier molecular flexibility index (Phi) is 4.60. The van der Waals surface area contributed by atoms with Gasteiger partial charge in [0.1, 0.15) is 5.75 Å². The Hall–Kier alpha value is -3.19. The average molecular weight is 362 g/mol. The molecule has 0 saturated carbocycles. The number of hydrogen-bond acceptors (Lipinski definition) is 7. The zero-order chi connectivity index (χ0) is 18.8. The van der Waals surface area contributed by atoms with E-state index in [9.17, 15) is 0 Å². The number of guanidine groups is 1. The standard InChI is InChI=1S/C20H22N6O/c1-14-17-10-16(27-2)8-9-18(17)24-20(23-14)26-13-25(12-22-19(26)21)11-15-6-4-3-5-7-15/h3-10H,11-13H2,1-2H3,(H2,21,22). The molecule has 0 bridgehead atoms. The fourth-order valence-corrected chi connectivity index (χ4v) is 3.18. The van der Waals surface area contributed by atoms with Gasteiger partial charge in [0, 0.05) is 11.9 Å². The van der Waals surface area contributed by atoms with E-state index in [1.807, 2.05) is 48.2 Å². The first-order chi connectivity index (χ1) is 13.1. The third kappa shape index (κ3) is 3.54. The maximum absolute atomic E-state index is 6.16. The summed E-state index contributed by atoms with van der Waals surface area (Å²) in [6.45, 7) is 3.90. The van der Waals surface area contributed by atoms with Gasteiger partial charge in [0.05, 0.1) is 31.7 Å². The molecule has 27 heavy (non-hydrogen) atoms. The van der Waals surface area contributed by atoms with E-state index in [2.05, 4.69) is 27.0 Å². The predicted molar refractivity (Wildman–Crippen MR) is 107 cm³/mol. The fourth-order valence-electron chi connectivity index (χ4n) is 3.18. The minimum absolute atomic E-state index is 0.437. The molecule has 2 N–H and O–H groups in total. The Bertz CT molecular complexity index is 988. The number of aliphatic imine (C=N–C) groups is 1. The normalized spacial score (nSPS) is 15.0. The van der Waals surface area contributed by atoms with Gasteiger partial charge in [0.2, 0.25) is 11.9 Å². The fraction of sp³-hybridized carbons (Fsp3) is 0.250. The molecule has 1 aromatic heterocycles. The second-order valence-electron chi connectivity index (χ2n) is 6.53. The summed E-state index contributed by atoms with van der Waals surface area (Å²) in [5.74, 6) is 1.78. The summed E-state index contributed by atoms with van der Waals surface area (Å²) in [4.78, 5) is 17.9. The summed E-state index contributed by atoms with van der Waals surface area (Å²) in [5.41, 5.74) is 9.12. The summed E-state index contributed by atoms with van der Waals surface area (Å²) < 4.78 is 5.30. The van der Waals surface area contributed by atoms with Crippen LogP contribution in [0, 0.1) is 6.92 Å². The predicted octanol–water partition coefficient (Wildman–Crippen LogP) is 2.50. The lowest BCUT2D eigenvalue weighted by Gasteiger charge is -2.33. The molecule has 0 fully saturated rings. The summed E-state index contributed by atoms with van der Waals surface area (Å²) in [5, 5.41) is 0.965. The molecule has 0 aliphatic carbocycles. The second-order valence-corrected chi connectivity index (χ2v) is 6.53. The van der Waals surface area contributed by atoms with E-state index in [1.54, 1.807) is 7.11 Å². The number of ether oxygens (including phenoxy) is 1. The topological polar surface area (TPSA) is 79.9 Å². The highest BCUT2D eigenvalue weighted by atomic mass is 16.5. The van der Waals surface area contributed by atoms with Crippen molar-refractivity contribution in [3.63, 3.8) is 0 Å². The third-order valence-corrected chi connectivity index (χ3v) is 4.62. The van der Waals surface area contributed by atoms with Crippen LogP contribution in [0.15, 0.2) is 53.5 Å². The van der Waals surface area contributed by atoms with Crippen molar-refractivity contribution in [3.8, 4) is 5.75 Å². The molecule has 7 heteroatoms. The van der Waals surface area contributed by atoms with Crippen LogP contribution in [0.2, 0.25) is 0 Å². The van der Waals surface area contributed by atoms with Crippen molar-refractivity contribution in [2.45, 2.75) is 13.5 Å². The highest BCUT2D eigenvalue weighted by Crippen LogP contribution is 2.24. The second kappa shape index (κ2) is 7.20. The smallest absolute Gasteiger partial charge is 0.234 e. The van der Waals surface area contributed by atoms with Crippen LogP contribution in [0.25, 0.3) is 10.9 Å². The molecule has 3 aromatic rings. The lowest BCUT2D eigenvalue weighted by molar-refractivity contribution is 0.271. The van der Waals surface area contributed by atoms with Gasteiger partial charge in [-0.05, 0) is 30.7 Å². The molecule has 0 atom stereocenters. The van der Waals surface area contributed by atoms with Crippen LogP contribution in [0.4, 0.5) is 5.95 Å². The van der Waals surface area contributed by atoms with Gasteiger partial charge in [0.25, 0.3) is 0 Å². The monoisotopic (exact) mass is 362 g/mol. The molecule has 0 amide bonds. The molecule has 0 radical (unpaired) electrons. The first kappa shape index (κ1) is 17.2. The van der Waals surface area contributed by atoms with Crippen molar-refractivity contribution < 1.29 is 4.74 Å². The van der Waals surface area contributed by atoms with Crippen LogP contribution in [0.1, 0.15) is 11.3 Å². The molecule has 7 nitrogen and oxygen atoms in total. The molecule has 0 unspecified atom stereocenters. The van der Waals surface area contributed by atoms with Gasteiger partial charge in [-0.3, -0.25) is 9.80 Å². The van der Waals surface area contributed by atoms with Crippen LogP contribution in [-0.2, 0) is 6.54 Å². The molecule has 2 aromatic carbocycles. The summed E-state index contributed by atoms with van der Waals surface area (Å²) in [6, 6.07) is 16.1. The van der Waals surface area contributed by atoms with Crippen LogP contribution < -0.4 is 15.4 Å². The minimum Gasteiger partial charge on any atom is -0.497 e. The van der Waals surface area contributed by atoms with E-state index in [1.165, 1.54) is 5.56 Å². The van der Waals surface area contributed by atoms with Crippen LogP contribution in [0.3, 0.4) is 0 Å². The van der Waals surface area contributed by atoms with E-state index >= 15 is 0 Å². The largest absolute Gasteiger partial charge is 0.497 e. The van der Waals surface area contributed by atoms with Crippen molar-refractivity contribution in [2.24, 2.45) is 10.7 Å². The molecule has 0 spiro atoms. The van der Waals surface area contributed by atoms with Crippen molar-refractivity contribution in [2.75, 3.05) is 25.3 Å². The van der Waals surface area contributed by atoms with Gasteiger partial charge in [-0.2, -0.15) is 0 Å². The Labute approximate surface area is 158 Å². The van der Waals surface area contributed by atoms with Gasteiger partial charge in [0.15, 0.2) is 0 Å². The van der Waals surface area contributed by atoms with Crippen molar-refractivity contribution in [3.05, 3.63) is 59.8 Å². The number of methoxy groups -OCH3 is 1. The van der Waals surface area contributed by atoms with Crippen LogP contribution >= 0.6 is 0 Å². The van der Waals surface area contributed by atoms with E-state index in [0.29, 0.717) is 25.2 Å². The van der Waals surface area contributed by atoms with Gasteiger partial charge in [-0.1, -0.05) is 30.3 Å². The zero-order valence-electron chi connectivity index (χ0n) is 15.5. The quantitative estimate of drug-likeness (QED) is 0.768. The van der Waals surface area contributed by atoms with E-state index in [4.69, 9.17) is 15.5 Å². The maximum atomic E-state index is 6.16. The molecule has 0 saturated heterocycles. The van der Waals surface area contributed by atoms with Gasteiger partial charge < -0.3 is 10.5 Å². The number of aryl methyl sites for hydroxylation is 1. The van der Waals surface area contributed by atoms with Crippen LogP contribution in [-0.4, -0.2) is 41.3 Å². The number of anilines is 1. The number of nitrogens with two attached hydrogens (primary N) is 1. The maximum Gasteiger partial charge on any atom is 0.234 e. The number of benzene rings is 2. The third-order valence-electron chi connectivity index (χ3n) is 4.62. The molecule has 4 rings (SSSR count). The molecule has 1 aliphatic heterocycles. The van der Waals surface area contributed by atoms with E-state index < -0.39 is 0 Å². The van der Waals surface area contributed by atoms with E-state index in [-0.39, 0.29) is 0 Å². The number of fused-ring (bicyclic) bond motifs is 1. The molecular weight excluding hydrogens is 340 g/mol. The minimum atomic E-state index is 0.437. The highest BCUT2D eigenvalue weighted by Gasteiger charge is 2.23. The Morgan fingerprint density at radius 2 is 1.93 bits per heavy atom. The first-order valence-corrected chi connectivity index (χ1v) is 8.80. The van der Waals surface area contributed by atoms with E-state index in [0.717, 1.165) is 28.9 Å². The Morgan fingerprint density at radius 1 is 1.11 bits per heavy atom. The Morgan fingerprint density at radius 3 is 2.70 bits per heavy atom. The van der Waals surface area contributed by atoms with Gasteiger partial charge in [-0.15, -0.1) is 0 Å².